The number of para-hydroxylation sites is 2. The molecule has 2 amide bonds. The van der Waals surface area contributed by atoms with Gasteiger partial charge in [0.1, 0.15) is 6.10 Å². The second kappa shape index (κ2) is 7.36. The number of carbonyl (C=O) groups is 3. The van der Waals surface area contributed by atoms with Crippen LogP contribution < -0.4 is 10.6 Å². The van der Waals surface area contributed by atoms with Crippen LogP contribution >= 0.6 is 0 Å². The van der Waals surface area contributed by atoms with Gasteiger partial charge in [-0.15, -0.1) is 0 Å². The van der Waals surface area contributed by atoms with E-state index in [9.17, 15) is 27.6 Å². The summed E-state index contributed by atoms with van der Waals surface area (Å²) in [5.41, 5.74) is -1.15. The van der Waals surface area contributed by atoms with Crippen LogP contribution in [0.25, 0.3) is 0 Å². The zero-order valence-electron chi connectivity index (χ0n) is 16.7. The van der Waals surface area contributed by atoms with Gasteiger partial charge in [-0.3, -0.25) is 14.4 Å². The SMILES string of the molecule is O=C(Nc1ccccc1C(F)(F)F)c1ccccc1NC(=O)[C@@H]1[C@@H]2C[C@@H]3[C@@H]1C(=O)O[C@H]3C2. The van der Waals surface area contributed by atoms with E-state index < -0.39 is 29.5 Å². The Kier molecular flexibility index (Phi) is 4.72. The van der Waals surface area contributed by atoms with Crippen LogP contribution in [0.3, 0.4) is 0 Å². The van der Waals surface area contributed by atoms with Crippen LogP contribution in [-0.2, 0) is 20.5 Å². The molecule has 9 heteroatoms. The molecule has 0 spiro atoms. The van der Waals surface area contributed by atoms with Gasteiger partial charge in [0.15, 0.2) is 0 Å². The van der Waals surface area contributed by atoms with Gasteiger partial charge < -0.3 is 15.4 Å². The minimum Gasteiger partial charge on any atom is -0.462 e. The van der Waals surface area contributed by atoms with Gasteiger partial charge in [0.05, 0.1) is 34.3 Å². The molecule has 1 aliphatic heterocycles. The van der Waals surface area contributed by atoms with E-state index in [1.54, 1.807) is 12.1 Å². The van der Waals surface area contributed by atoms with Crippen molar-refractivity contribution in [3.63, 3.8) is 0 Å². The Morgan fingerprint density at radius 1 is 0.938 bits per heavy atom. The van der Waals surface area contributed by atoms with E-state index in [2.05, 4.69) is 10.6 Å². The van der Waals surface area contributed by atoms with Crippen LogP contribution in [0, 0.1) is 23.7 Å². The van der Waals surface area contributed by atoms with Crippen molar-refractivity contribution in [1.29, 1.82) is 0 Å². The summed E-state index contributed by atoms with van der Waals surface area (Å²) in [6, 6.07) is 10.8. The Morgan fingerprint density at radius 3 is 2.38 bits per heavy atom. The lowest BCUT2D eigenvalue weighted by Crippen LogP contribution is -2.36. The van der Waals surface area contributed by atoms with Crippen molar-refractivity contribution in [3.05, 3.63) is 59.7 Å². The second-order valence-electron chi connectivity index (χ2n) is 8.45. The van der Waals surface area contributed by atoms with Crippen molar-refractivity contribution in [2.24, 2.45) is 23.7 Å². The molecule has 1 heterocycles. The number of ether oxygens (including phenoxy) is 1. The lowest BCUT2D eigenvalue weighted by Gasteiger charge is -2.24. The number of hydrogen-bond acceptors (Lipinski definition) is 4. The van der Waals surface area contributed by atoms with E-state index >= 15 is 0 Å². The maximum Gasteiger partial charge on any atom is 0.418 e. The number of anilines is 2. The summed E-state index contributed by atoms with van der Waals surface area (Å²) in [6.07, 6.45) is -3.32. The lowest BCUT2D eigenvalue weighted by atomic mass is 9.79. The number of esters is 1. The molecule has 5 atom stereocenters. The highest BCUT2D eigenvalue weighted by atomic mass is 19.4. The fourth-order valence-corrected chi connectivity index (χ4v) is 5.40. The van der Waals surface area contributed by atoms with E-state index in [1.807, 2.05) is 0 Å². The molecule has 1 saturated heterocycles. The summed E-state index contributed by atoms with van der Waals surface area (Å²) in [7, 11) is 0. The highest BCUT2D eigenvalue weighted by Gasteiger charge is 2.63. The maximum atomic E-state index is 13.3. The quantitative estimate of drug-likeness (QED) is 0.696. The molecule has 2 aliphatic carbocycles. The summed E-state index contributed by atoms with van der Waals surface area (Å²) in [5, 5.41) is 5.02. The maximum absolute atomic E-state index is 13.3. The first-order valence-corrected chi connectivity index (χ1v) is 10.3. The Labute approximate surface area is 181 Å². The standard InChI is InChI=1S/C23H19F3N2O4/c24-23(25,26)14-6-2-4-8-16(14)28-20(29)12-5-1-3-7-15(12)27-21(30)18-11-9-13-17(10-11)32-22(31)19(13)18/h1-8,11,13,17-19H,9-10H2,(H,27,30)(H,28,29)/t11-,13+,17+,18-,19+/m1/s1. The molecule has 5 rings (SSSR count). The highest BCUT2D eigenvalue weighted by Crippen LogP contribution is 2.57. The zero-order chi connectivity index (χ0) is 22.6. The Bertz CT molecular complexity index is 1110. The van der Waals surface area contributed by atoms with Crippen molar-refractivity contribution in [3.8, 4) is 0 Å². The molecule has 2 saturated carbocycles. The van der Waals surface area contributed by atoms with Gasteiger partial charge in [-0.1, -0.05) is 24.3 Å². The Balaban J connectivity index is 1.37. The molecule has 0 aromatic heterocycles. The van der Waals surface area contributed by atoms with Crippen LogP contribution in [0.4, 0.5) is 24.5 Å². The number of alkyl halides is 3. The number of carbonyl (C=O) groups excluding carboxylic acids is 3. The molecule has 2 N–H and O–H groups in total. The average Bonchev–Trinajstić information content (AvgIpc) is 3.36. The van der Waals surface area contributed by atoms with Crippen molar-refractivity contribution < 1.29 is 32.3 Å². The summed E-state index contributed by atoms with van der Waals surface area (Å²) in [5.74, 6) is -2.43. The zero-order valence-corrected chi connectivity index (χ0v) is 16.7. The minimum atomic E-state index is -4.63. The normalized spacial score (nSPS) is 27.8. The molecule has 3 fully saturated rings. The highest BCUT2D eigenvalue weighted by molar-refractivity contribution is 6.10. The smallest absolute Gasteiger partial charge is 0.418 e. The van der Waals surface area contributed by atoms with E-state index in [4.69, 9.17) is 4.74 Å². The molecule has 0 radical (unpaired) electrons. The van der Waals surface area contributed by atoms with Crippen LogP contribution in [0.5, 0.6) is 0 Å². The number of nitrogens with one attached hydrogen (secondary N) is 2. The van der Waals surface area contributed by atoms with Crippen molar-refractivity contribution in [2.75, 3.05) is 10.6 Å². The molecule has 2 aromatic rings. The number of benzene rings is 2. The molecular formula is C23H19F3N2O4. The molecule has 3 aliphatic rings. The fraction of sp³-hybridized carbons (Fsp3) is 0.348. The second-order valence-corrected chi connectivity index (χ2v) is 8.45. The third kappa shape index (κ3) is 3.32. The summed E-state index contributed by atoms with van der Waals surface area (Å²) in [4.78, 5) is 38.1. The van der Waals surface area contributed by atoms with Crippen LogP contribution in [0.15, 0.2) is 48.5 Å². The summed E-state index contributed by atoms with van der Waals surface area (Å²) < 4.78 is 45.1. The molecule has 0 unspecified atom stereocenters. The van der Waals surface area contributed by atoms with Crippen molar-refractivity contribution in [1.82, 2.24) is 0 Å². The molecular weight excluding hydrogens is 425 g/mol. The minimum absolute atomic E-state index is 0.0212. The van der Waals surface area contributed by atoms with Gasteiger partial charge >= 0.3 is 12.1 Å². The van der Waals surface area contributed by atoms with Crippen LogP contribution in [-0.4, -0.2) is 23.9 Å². The van der Waals surface area contributed by atoms with Gasteiger partial charge in [-0.2, -0.15) is 13.2 Å². The van der Waals surface area contributed by atoms with Crippen molar-refractivity contribution in [2.45, 2.75) is 25.1 Å². The van der Waals surface area contributed by atoms with E-state index in [0.29, 0.717) is 6.42 Å². The third-order valence-corrected chi connectivity index (χ3v) is 6.70. The topological polar surface area (TPSA) is 84.5 Å². The largest absolute Gasteiger partial charge is 0.462 e. The van der Waals surface area contributed by atoms with Crippen LogP contribution in [0.2, 0.25) is 0 Å². The molecule has 6 nitrogen and oxygen atoms in total. The monoisotopic (exact) mass is 444 g/mol. The Hall–Kier alpha value is -3.36. The van der Waals surface area contributed by atoms with Gasteiger partial charge in [-0.05, 0) is 43.0 Å². The van der Waals surface area contributed by atoms with Crippen molar-refractivity contribution >= 4 is 29.2 Å². The van der Waals surface area contributed by atoms with E-state index in [-0.39, 0.29) is 46.8 Å². The number of halogens is 3. The van der Waals surface area contributed by atoms with Gasteiger partial charge in [-0.25, -0.2) is 0 Å². The fourth-order valence-electron chi connectivity index (χ4n) is 5.40. The van der Waals surface area contributed by atoms with Crippen LogP contribution in [0.1, 0.15) is 28.8 Å². The first-order chi connectivity index (χ1) is 15.2. The van der Waals surface area contributed by atoms with Gasteiger partial charge in [0.2, 0.25) is 5.91 Å². The molecule has 166 valence electrons. The first-order valence-electron chi connectivity index (χ1n) is 10.3. The summed E-state index contributed by atoms with van der Waals surface area (Å²) in [6.45, 7) is 0. The van der Waals surface area contributed by atoms with Gasteiger partial charge in [0, 0.05) is 5.92 Å². The number of hydrogen-bond donors (Lipinski definition) is 2. The summed E-state index contributed by atoms with van der Waals surface area (Å²) >= 11 is 0. The first kappa shape index (κ1) is 20.5. The molecule has 2 aromatic carbocycles. The lowest BCUT2D eigenvalue weighted by molar-refractivity contribution is -0.145. The molecule has 2 bridgehead atoms. The molecule has 32 heavy (non-hydrogen) atoms. The number of amides is 2. The average molecular weight is 444 g/mol. The van der Waals surface area contributed by atoms with E-state index in [0.717, 1.165) is 12.5 Å². The Morgan fingerprint density at radius 2 is 1.62 bits per heavy atom. The van der Waals surface area contributed by atoms with Gasteiger partial charge in [0.25, 0.3) is 5.91 Å². The third-order valence-electron chi connectivity index (χ3n) is 6.70. The predicted octanol–water partition coefficient (Wildman–Crippen LogP) is 4.09. The van der Waals surface area contributed by atoms with E-state index in [1.165, 1.54) is 30.3 Å². The predicted molar refractivity (Wildman–Crippen MR) is 108 cm³/mol. The number of fused-ring (bicyclic) bond motifs is 1. The number of rotatable bonds is 4.